The van der Waals surface area contributed by atoms with E-state index < -0.39 is 0 Å². The van der Waals surface area contributed by atoms with E-state index in [4.69, 9.17) is 11.6 Å². The fourth-order valence-corrected chi connectivity index (χ4v) is 3.28. The van der Waals surface area contributed by atoms with Crippen LogP contribution in [0.5, 0.6) is 0 Å². The second kappa shape index (κ2) is 7.47. The highest BCUT2D eigenvalue weighted by Crippen LogP contribution is 2.29. The highest BCUT2D eigenvalue weighted by atomic mass is 79.9. The Labute approximate surface area is 169 Å². The maximum absolute atomic E-state index is 13.0. The van der Waals surface area contributed by atoms with Crippen LogP contribution in [0.25, 0.3) is 22.2 Å². The summed E-state index contributed by atoms with van der Waals surface area (Å²) in [6.45, 7) is 0. The Morgan fingerprint density at radius 1 is 1.04 bits per heavy atom. The molecule has 2 heterocycles. The van der Waals surface area contributed by atoms with Gasteiger partial charge in [-0.3, -0.25) is 9.78 Å². The Balaban J connectivity index is 1.84. The van der Waals surface area contributed by atoms with Crippen LogP contribution >= 0.6 is 27.5 Å². The molecule has 0 saturated carbocycles. The Bertz CT molecular complexity index is 1130. The zero-order valence-electron chi connectivity index (χ0n) is 14.0. The summed E-state index contributed by atoms with van der Waals surface area (Å²) in [5, 5.41) is 4.12. The van der Waals surface area contributed by atoms with Crippen LogP contribution in [0.2, 0.25) is 5.02 Å². The molecule has 0 radical (unpaired) electrons. The lowest BCUT2D eigenvalue weighted by molar-refractivity contribution is 0.102. The minimum absolute atomic E-state index is 0.225. The Morgan fingerprint density at radius 2 is 1.85 bits per heavy atom. The van der Waals surface area contributed by atoms with Gasteiger partial charge >= 0.3 is 0 Å². The first-order valence-electron chi connectivity index (χ1n) is 8.18. The van der Waals surface area contributed by atoms with Crippen molar-refractivity contribution < 1.29 is 4.79 Å². The number of anilines is 1. The number of halogens is 2. The third-order valence-electron chi connectivity index (χ3n) is 4.09. The molecule has 6 heteroatoms. The summed E-state index contributed by atoms with van der Waals surface area (Å²) < 4.78 is 0.945. The van der Waals surface area contributed by atoms with Gasteiger partial charge in [0, 0.05) is 33.5 Å². The number of nitrogens with one attached hydrogen (secondary N) is 1. The number of amides is 1. The summed E-state index contributed by atoms with van der Waals surface area (Å²) in [4.78, 5) is 21.8. The van der Waals surface area contributed by atoms with E-state index >= 15 is 0 Å². The third kappa shape index (κ3) is 3.70. The second-order valence-electron chi connectivity index (χ2n) is 5.89. The van der Waals surface area contributed by atoms with E-state index in [-0.39, 0.29) is 5.91 Å². The van der Waals surface area contributed by atoms with Crippen molar-refractivity contribution in [3.63, 3.8) is 0 Å². The molecule has 2 aromatic heterocycles. The van der Waals surface area contributed by atoms with Crippen molar-refractivity contribution >= 4 is 50.0 Å². The van der Waals surface area contributed by atoms with Gasteiger partial charge in [0.15, 0.2) is 0 Å². The number of para-hydroxylation sites is 1. The van der Waals surface area contributed by atoms with Crippen LogP contribution in [0.3, 0.4) is 0 Å². The van der Waals surface area contributed by atoms with E-state index in [0.29, 0.717) is 32.9 Å². The van der Waals surface area contributed by atoms with Crippen molar-refractivity contribution in [2.24, 2.45) is 0 Å². The normalized spacial score (nSPS) is 10.7. The van der Waals surface area contributed by atoms with E-state index in [1.807, 2.05) is 48.5 Å². The molecule has 0 saturated heterocycles. The molecule has 4 nitrogen and oxygen atoms in total. The largest absolute Gasteiger partial charge is 0.322 e. The summed E-state index contributed by atoms with van der Waals surface area (Å²) in [6.07, 6.45) is 3.40. The van der Waals surface area contributed by atoms with Gasteiger partial charge in [0.25, 0.3) is 5.91 Å². The molecule has 0 fully saturated rings. The zero-order valence-corrected chi connectivity index (χ0v) is 16.3. The van der Waals surface area contributed by atoms with Crippen molar-refractivity contribution in [3.8, 4) is 11.3 Å². The quantitative estimate of drug-likeness (QED) is 0.429. The molecule has 2 aromatic carbocycles. The highest BCUT2D eigenvalue weighted by Gasteiger charge is 2.16. The number of carbonyl (C=O) groups excluding carboxylic acids is 1. The van der Waals surface area contributed by atoms with Crippen molar-refractivity contribution in [2.75, 3.05) is 5.32 Å². The minimum Gasteiger partial charge on any atom is -0.322 e. The van der Waals surface area contributed by atoms with Crippen LogP contribution in [-0.4, -0.2) is 15.9 Å². The third-order valence-corrected chi connectivity index (χ3v) is 4.93. The minimum atomic E-state index is -0.225. The van der Waals surface area contributed by atoms with E-state index in [0.717, 1.165) is 10.0 Å². The van der Waals surface area contributed by atoms with Crippen LogP contribution in [0.15, 0.2) is 77.5 Å². The van der Waals surface area contributed by atoms with Crippen LogP contribution in [0.4, 0.5) is 5.69 Å². The predicted molar refractivity (Wildman–Crippen MR) is 112 cm³/mol. The standard InChI is InChI=1S/C21H13BrClN3O/c22-14-6-8-15(9-7-14)25-21(27)17-11-19(13-3-2-10-24-12-13)26-20-16(17)4-1-5-18(20)23/h1-12H,(H,25,27). The molecule has 0 spiro atoms. The number of benzene rings is 2. The molecule has 0 atom stereocenters. The molecule has 132 valence electrons. The fraction of sp³-hybridized carbons (Fsp3) is 0. The predicted octanol–water partition coefficient (Wildman–Crippen LogP) is 5.97. The lowest BCUT2D eigenvalue weighted by atomic mass is 10.0. The highest BCUT2D eigenvalue weighted by molar-refractivity contribution is 9.10. The van der Waals surface area contributed by atoms with Gasteiger partial charge in [0.1, 0.15) is 0 Å². The van der Waals surface area contributed by atoms with Crippen molar-refractivity contribution in [1.29, 1.82) is 0 Å². The lowest BCUT2D eigenvalue weighted by Gasteiger charge is -2.11. The van der Waals surface area contributed by atoms with Crippen LogP contribution in [-0.2, 0) is 0 Å². The maximum atomic E-state index is 13.0. The summed E-state index contributed by atoms with van der Waals surface area (Å²) in [5.41, 5.74) is 3.26. The lowest BCUT2D eigenvalue weighted by Crippen LogP contribution is -2.13. The van der Waals surface area contributed by atoms with E-state index in [9.17, 15) is 4.79 Å². The molecule has 4 rings (SSSR count). The number of fused-ring (bicyclic) bond motifs is 1. The molecule has 1 amide bonds. The van der Waals surface area contributed by atoms with Gasteiger partial charge in [-0.1, -0.05) is 39.7 Å². The number of hydrogen-bond donors (Lipinski definition) is 1. The van der Waals surface area contributed by atoms with Gasteiger partial charge in [0.2, 0.25) is 0 Å². The first-order valence-corrected chi connectivity index (χ1v) is 9.35. The van der Waals surface area contributed by atoms with E-state index in [2.05, 4.69) is 31.2 Å². The molecule has 1 N–H and O–H groups in total. The Kier molecular flexibility index (Phi) is 4.88. The first-order chi connectivity index (χ1) is 13.1. The summed E-state index contributed by atoms with van der Waals surface area (Å²) in [6, 6.07) is 18.3. The number of carbonyl (C=O) groups is 1. The van der Waals surface area contributed by atoms with Crippen LogP contribution in [0, 0.1) is 0 Å². The topological polar surface area (TPSA) is 54.9 Å². The number of aromatic nitrogens is 2. The van der Waals surface area contributed by atoms with Gasteiger partial charge in [-0.25, -0.2) is 4.98 Å². The van der Waals surface area contributed by atoms with Crippen molar-refractivity contribution in [2.45, 2.75) is 0 Å². The maximum Gasteiger partial charge on any atom is 0.256 e. The number of hydrogen-bond acceptors (Lipinski definition) is 3. The fourth-order valence-electron chi connectivity index (χ4n) is 2.80. The number of rotatable bonds is 3. The average Bonchev–Trinajstić information content (AvgIpc) is 2.70. The van der Waals surface area contributed by atoms with E-state index in [1.165, 1.54) is 0 Å². The number of pyridine rings is 2. The first kappa shape index (κ1) is 17.6. The Morgan fingerprint density at radius 3 is 2.59 bits per heavy atom. The molecular formula is C21H13BrClN3O. The smallest absolute Gasteiger partial charge is 0.256 e. The van der Waals surface area contributed by atoms with Gasteiger partial charge in [-0.05, 0) is 48.5 Å². The molecule has 0 aliphatic rings. The Hall–Kier alpha value is -2.76. The van der Waals surface area contributed by atoms with Crippen molar-refractivity contribution in [1.82, 2.24) is 9.97 Å². The van der Waals surface area contributed by atoms with Gasteiger partial charge < -0.3 is 5.32 Å². The SMILES string of the molecule is O=C(Nc1ccc(Br)cc1)c1cc(-c2cccnc2)nc2c(Cl)cccc12. The molecule has 0 aliphatic heterocycles. The summed E-state index contributed by atoms with van der Waals surface area (Å²) in [7, 11) is 0. The van der Waals surface area contributed by atoms with Gasteiger partial charge in [-0.2, -0.15) is 0 Å². The van der Waals surface area contributed by atoms with Gasteiger partial charge in [0.05, 0.1) is 21.8 Å². The van der Waals surface area contributed by atoms with Gasteiger partial charge in [-0.15, -0.1) is 0 Å². The molecule has 0 bridgehead atoms. The second-order valence-corrected chi connectivity index (χ2v) is 7.22. The molecule has 4 aromatic rings. The summed E-state index contributed by atoms with van der Waals surface area (Å²) >= 11 is 9.75. The van der Waals surface area contributed by atoms with Crippen LogP contribution in [0.1, 0.15) is 10.4 Å². The molecular weight excluding hydrogens is 426 g/mol. The van der Waals surface area contributed by atoms with Crippen LogP contribution < -0.4 is 5.32 Å². The average molecular weight is 439 g/mol. The summed E-state index contributed by atoms with van der Waals surface area (Å²) in [5.74, 6) is -0.225. The zero-order chi connectivity index (χ0) is 18.8. The van der Waals surface area contributed by atoms with Crippen molar-refractivity contribution in [3.05, 3.63) is 88.1 Å². The number of nitrogens with zero attached hydrogens (tertiary/aromatic N) is 2. The molecule has 27 heavy (non-hydrogen) atoms. The molecule has 0 aliphatic carbocycles. The monoisotopic (exact) mass is 437 g/mol. The van der Waals surface area contributed by atoms with E-state index in [1.54, 1.807) is 24.5 Å². The molecule has 0 unspecified atom stereocenters.